The van der Waals surface area contributed by atoms with Gasteiger partial charge in [0.25, 0.3) is 0 Å². The molecule has 0 bridgehead atoms. The third-order valence-electron chi connectivity index (χ3n) is 16.0. The first-order valence-electron chi connectivity index (χ1n) is 27.0. The molecule has 1 aliphatic carbocycles. The molecule has 0 spiro atoms. The summed E-state index contributed by atoms with van der Waals surface area (Å²) in [4.78, 5) is 11.5. The van der Waals surface area contributed by atoms with Crippen LogP contribution in [0.4, 0.5) is 0 Å². The van der Waals surface area contributed by atoms with Gasteiger partial charge in [-0.05, 0) is 170 Å². The van der Waals surface area contributed by atoms with Crippen molar-refractivity contribution >= 4 is 33.0 Å². The number of hydrogen-bond acceptors (Lipinski definition) is 4. The summed E-state index contributed by atoms with van der Waals surface area (Å²) < 4.78 is 9.11. The van der Waals surface area contributed by atoms with Crippen LogP contribution >= 0.6 is 0 Å². The lowest BCUT2D eigenvalue weighted by molar-refractivity contribution is 0.476. The number of para-hydroxylation sites is 2. The molecule has 8 aromatic carbocycles. The van der Waals surface area contributed by atoms with E-state index in [1.165, 1.54) is 50.1 Å². The van der Waals surface area contributed by atoms with E-state index >= 15 is 0 Å². The smallest absolute Gasteiger partial charge is 0.164 e. The van der Waals surface area contributed by atoms with E-state index in [-0.39, 0.29) is 29.4 Å². The molecule has 1 aliphatic rings. The van der Waals surface area contributed by atoms with Crippen LogP contribution in [0.5, 0.6) is 5.75 Å². The van der Waals surface area contributed by atoms with Crippen molar-refractivity contribution < 1.29 is 9.52 Å². The first-order valence-corrected chi connectivity index (χ1v) is 27.0. The summed E-state index contributed by atoms with van der Waals surface area (Å²) in [5.41, 5.74) is 26.2. The van der Waals surface area contributed by atoms with Gasteiger partial charge in [-0.1, -0.05) is 177 Å². The number of aromatic nitrogens is 3. The van der Waals surface area contributed by atoms with Gasteiger partial charge in [0.15, 0.2) is 5.82 Å². The molecular weight excluding hydrogens is 915 g/mol. The van der Waals surface area contributed by atoms with Crippen molar-refractivity contribution in [1.82, 2.24) is 14.5 Å². The molecule has 372 valence electrons. The van der Waals surface area contributed by atoms with E-state index in [4.69, 9.17) is 14.4 Å². The molecule has 5 nitrogen and oxygen atoms in total. The Morgan fingerprint density at radius 3 is 1.67 bits per heavy atom. The predicted molar refractivity (Wildman–Crippen MR) is 314 cm³/mol. The second kappa shape index (κ2) is 18.7. The maximum Gasteiger partial charge on any atom is 0.164 e. The largest absolute Gasteiger partial charge is 0.507 e. The first kappa shape index (κ1) is 48.0. The predicted octanol–water partition coefficient (Wildman–Crippen LogP) is 19.2. The van der Waals surface area contributed by atoms with Crippen molar-refractivity contribution in [2.45, 2.75) is 106 Å². The number of benzene rings is 8. The Hall–Kier alpha value is -8.02. The van der Waals surface area contributed by atoms with Gasteiger partial charge in [0, 0.05) is 21.9 Å². The zero-order chi connectivity index (χ0) is 52.0. The molecule has 12 rings (SSSR count). The first-order chi connectivity index (χ1) is 36.3. The van der Waals surface area contributed by atoms with Crippen molar-refractivity contribution in [2.24, 2.45) is 0 Å². The summed E-state index contributed by atoms with van der Waals surface area (Å²) in [6.45, 7) is 23.0. The van der Waals surface area contributed by atoms with Gasteiger partial charge >= 0.3 is 0 Å². The molecular formula is C70H65N3O2. The second-order valence-corrected chi connectivity index (χ2v) is 22.2. The lowest BCUT2D eigenvalue weighted by Gasteiger charge is -2.27. The van der Waals surface area contributed by atoms with E-state index in [2.05, 4.69) is 213 Å². The molecule has 0 atom stereocenters. The van der Waals surface area contributed by atoms with Crippen molar-refractivity contribution in [3.8, 4) is 78.7 Å². The summed E-state index contributed by atoms with van der Waals surface area (Å²) in [7, 11) is 0. The van der Waals surface area contributed by atoms with Crippen molar-refractivity contribution in [3.63, 3.8) is 0 Å². The van der Waals surface area contributed by atoms with E-state index < -0.39 is 0 Å². The van der Waals surface area contributed by atoms with Crippen molar-refractivity contribution in [2.75, 3.05) is 0 Å². The Morgan fingerprint density at radius 1 is 0.467 bits per heavy atom. The SMILES string of the molecule is Cc1cccc(C)c1-n1c(-c2ccc3c(n2)-c2c(O)cccc2CC3)nc2c(-c3ccc4c(c3)oc3ccccc34)c(-c3c(-c4c(C(C)C)cccc4C(C)C)cccc3-c3c(C(C)C)cccc3C(C)C)ccc21. The third-order valence-corrected chi connectivity index (χ3v) is 16.0. The Bertz CT molecular complexity index is 3910. The van der Waals surface area contributed by atoms with Crippen LogP contribution in [-0.2, 0) is 12.8 Å². The van der Waals surface area contributed by atoms with Crippen LogP contribution in [0, 0.1) is 13.8 Å². The Balaban J connectivity index is 1.27. The summed E-state index contributed by atoms with van der Waals surface area (Å²) in [5.74, 6) is 2.09. The summed E-state index contributed by atoms with van der Waals surface area (Å²) in [6.07, 6.45) is 1.70. The van der Waals surface area contributed by atoms with Gasteiger partial charge < -0.3 is 9.52 Å². The number of phenolic OH excluding ortho intramolecular Hbond substituents is 1. The van der Waals surface area contributed by atoms with E-state index in [1.807, 2.05) is 12.1 Å². The number of phenols is 1. The molecule has 0 aliphatic heterocycles. The molecule has 0 unspecified atom stereocenters. The average molecular weight is 980 g/mol. The van der Waals surface area contributed by atoms with Gasteiger partial charge in [-0.2, -0.15) is 0 Å². The molecule has 3 aromatic heterocycles. The average Bonchev–Trinajstić information content (AvgIpc) is 4.00. The molecule has 11 aromatic rings. The van der Waals surface area contributed by atoms with Gasteiger partial charge in [-0.15, -0.1) is 0 Å². The van der Waals surface area contributed by atoms with Crippen LogP contribution in [0.25, 0.3) is 106 Å². The van der Waals surface area contributed by atoms with Crippen LogP contribution < -0.4 is 0 Å². The van der Waals surface area contributed by atoms with Crippen molar-refractivity contribution in [3.05, 3.63) is 202 Å². The molecule has 0 amide bonds. The van der Waals surface area contributed by atoms with Crippen LogP contribution in [0.2, 0.25) is 0 Å². The number of hydrogen-bond donors (Lipinski definition) is 1. The number of furan rings is 1. The minimum atomic E-state index is 0.253. The van der Waals surface area contributed by atoms with E-state index in [0.717, 1.165) is 113 Å². The molecule has 1 N–H and O–H groups in total. The molecule has 5 heteroatoms. The third kappa shape index (κ3) is 7.89. The van der Waals surface area contributed by atoms with Crippen molar-refractivity contribution in [1.29, 1.82) is 0 Å². The number of pyridine rings is 1. The standard InChI is InChI=1S/C70H65N3O2/c1-39(2)48-22-15-23-49(40(3)4)64(48)54-26-17-27-55(65-50(41(5)6)24-16-25-51(65)42(7)8)66(54)56-35-37-58-68(62(56)47-32-34-53-52-21-11-12-29-60(52)75-61(53)38-47)72-70(73(58)69-43(9)18-13-19-44(69)10)57-36-33-46-31-30-45-20-14-28-59(74)63(45)67(46)71-57/h11-29,32-42,74H,30-31H2,1-10H3. The van der Waals surface area contributed by atoms with Gasteiger partial charge in [0.2, 0.25) is 0 Å². The van der Waals surface area contributed by atoms with Gasteiger partial charge in [0.05, 0.1) is 22.4 Å². The highest BCUT2D eigenvalue weighted by Crippen LogP contribution is 2.52. The fourth-order valence-corrected chi connectivity index (χ4v) is 12.4. The quantitative estimate of drug-likeness (QED) is 0.148. The van der Waals surface area contributed by atoms with E-state index in [0.29, 0.717) is 0 Å². The Morgan fingerprint density at radius 2 is 1.03 bits per heavy atom. The number of imidazole rings is 1. The second-order valence-electron chi connectivity index (χ2n) is 22.2. The highest BCUT2D eigenvalue weighted by atomic mass is 16.3. The summed E-state index contributed by atoms with van der Waals surface area (Å²) in [5, 5.41) is 13.6. The number of aromatic hydroxyl groups is 1. The highest BCUT2D eigenvalue weighted by molar-refractivity contribution is 6.11. The molecule has 3 heterocycles. The van der Waals surface area contributed by atoms with Crippen LogP contribution in [0.3, 0.4) is 0 Å². The van der Waals surface area contributed by atoms with Gasteiger partial charge in [0.1, 0.15) is 22.6 Å². The minimum absolute atomic E-state index is 0.253. The zero-order valence-corrected chi connectivity index (χ0v) is 44.9. The van der Waals surface area contributed by atoms with E-state index in [1.54, 1.807) is 6.07 Å². The zero-order valence-electron chi connectivity index (χ0n) is 44.9. The molecule has 0 saturated heterocycles. The maximum absolute atomic E-state index is 11.4. The number of fused-ring (bicyclic) bond motifs is 7. The molecule has 0 fully saturated rings. The molecule has 75 heavy (non-hydrogen) atoms. The number of nitrogens with zero attached hydrogens (tertiary/aromatic N) is 3. The van der Waals surface area contributed by atoms with Crippen LogP contribution in [-0.4, -0.2) is 19.6 Å². The highest BCUT2D eigenvalue weighted by Gasteiger charge is 2.30. The summed E-state index contributed by atoms with van der Waals surface area (Å²) >= 11 is 0. The number of aryl methyl sites for hydroxylation is 4. The Labute approximate surface area is 441 Å². The maximum atomic E-state index is 11.4. The summed E-state index contributed by atoms with van der Waals surface area (Å²) in [6, 6.07) is 57.4. The topological polar surface area (TPSA) is 64.1 Å². The van der Waals surface area contributed by atoms with Gasteiger partial charge in [-0.3, -0.25) is 4.57 Å². The fourth-order valence-electron chi connectivity index (χ4n) is 12.4. The monoisotopic (exact) mass is 980 g/mol. The van der Waals surface area contributed by atoms with Gasteiger partial charge in [-0.25, -0.2) is 9.97 Å². The minimum Gasteiger partial charge on any atom is -0.507 e. The lowest BCUT2D eigenvalue weighted by atomic mass is 9.76. The van der Waals surface area contributed by atoms with E-state index in [9.17, 15) is 5.11 Å². The molecule has 0 saturated carbocycles. The number of rotatable bonds is 10. The van der Waals surface area contributed by atoms with Crippen LogP contribution in [0.15, 0.2) is 162 Å². The Kier molecular flexibility index (Phi) is 12.0. The lowest BCUT2D eigenvalue weighted by Crippen LogP contribution is -2.08. The molecule has 0 radical (unpaired) electrons. The fraction of sp³-hybridized carbons (Fsp3) is 0.229. The van der Waals surface area contributed by atoms with Crippen LogP contribution in [0.1, 0.15) is 124 Å². The normalized spacial score (nSPS) is 12.6.